The second-order valence-corrected chi connectivity index (χ2v) is 9.73. The SMILES string of the molecule is COc1ccccc1O[C@@H](C)C(=O)N(Cc1ccc(Cl)cc1)[C@@H]1CCS(=O)(=O)C1. The number of halogens is 1. The van der Waals surface area contributed by atoms with E-state index in [4.69, 9.17) is 21.1 Å². The second kappa shape index (κ2) is 9.05. The van der Waals surface area contributed by atoms with Gasteiger partial charge in [-0.2, -0.15) is 0 Å². The molecule has 2 aromatic rings. The van der Waals surface area contributed by atoms with Gasteiger partial charge in [0.2, 0.25) is 0 Å². The molecule has 0 aromatic heterocycles. The summed E-state index contributed by atoms with van der Waals surface area (Å²) in [6.07, 6.45) is -0.384. The summed E-state index contributed by atoms with van der Waals surface area (Å²) in [6.45, 7) is 1.95. The Labute approximate surface area is 176 Å². The van der Waals surface area contributed by atoms with Crippen LogP contribution in [0.3, 0.4) is 0 Å². The number of amides is 1. The topological polar surface area (TPSA) is 72.9 Å². The zero-order chi connectivity index (χ0) is 21.0. The quantitative estimate of drug-likeness (QED) is 0.664. The van der Waals surface area contributed by atoms with Crippen molar-refractivity contribution in [3.05, 3.63) is 59.1 Å². The maximum absolute atomic E-state index is 13.3. The van der Waals surface area contributed by atoms with Crippen molar-refractivity contribution in [3.8, 4) is 11.5 Å². The largest absolute Gasteiger partial charge is 0.493 e. The summed E-state index contributed by atoms with van der Waals surface area (Å²) in [6, 6.07) is 13.9. The van der Waals surface area contributed by atoms with Gasteiger partial charge in [0.15, 0.2) is 27.4 Å². The van der Waals surface area contributed by atoms with E-state index < -0.39 is 15.9 Å². The van der Waals surface area contributed by atoms with Gasteiger partial charge < -0.3 is 14.4 Å². The lowest BCUT2D eigenvalue weighted by molar-refractivity contribution is -0.140. The lowest BCUT2D eigenvalue weighted by Crippen LogP contribution is -2.46. The van der Waals surface area contributed by atoms with Gasteiger partial charge >= 0.3 is 0 Å². The smallest absolute Gasteiger partial charge is 0.263 e. The summed E-state index contributed by atoms with van der Waals surface area (Å²) < 4.78 is 35.2. The predicted octanol–water partition coefficient (Wildman–Crippen LogP) is 3.33. The maximum atomic E-state index is 13.3. The predicted molar refractivity (Wildman–Crippen MR) is 112 cm³/mol. The summed E-state index contributed by atoms with van der Waals surface area (Å²) >= 11 is 5.95. The Kier molecular flexibility index (Phi) is 6.70. The van der Waals surface area contributed by atoms with E-state index in [2.05, 4.69) is 0 Å². The van der Waals surface area contributed by atoms with Crippen LogP contribution in [0.15, 0.2) is 48.5 Å². The number of carbonyl (C=O) groups excluding carboxylic acids is 1. The number of benzene rings is 2. The first-order valence-corrected chi connectivity index (χ1v) is 11.5. The number of rotatable bonds is 7. The Morgan fingerprint density at radius 3 is 2.41 bits per heavy atom. The van der Waals surface area contributed by atoms with Crippen LogP contribution in [-0.4, -0.2) is 50.0 Å². The molecule has 3 rings (SSSR count). The van der Waals surface area contributed by atoms with Gasteiger partial charge in [-0.15, -0.1) is 0 Å². The van der Waals surface area contributed by atoms with Crippen molar-refractivity contribution in [3.63, 3.8) is 0 Å². The fourth-order valence-corrected chi connectivity index (χ4v) is 5.24. The molecule has 6 nitrogen and oxygen atoms in total. The first-order chi connectivity index (χ1) is 13.8. The molecule has 1 saturated heterocycles. The summed E-state index contributed by atoms with van der Waals surface area (Å²) in [5, 5.41) is 0.600. The van der Waals surface area contributed by atoms with Crippen molar-refractivity contribution in [1.29, 1.82) is 0 Å². The van der Waals surface area contributed by atoms with Crippen LogP contribution in [0.4, 0.5) is 0 Å². The van der Waals surface area contributed by atoms with Crippen LogP contribution in [0.1, 0.15) is 18.9 Å². The Bertz CT molecular complexity index is 961. The molecule has 0 radical (unpaired) electrons. The van der Waals surface area contributed by atoms with Crippen LogP contribution in [-0.2, 0) is 21.2 Å². The van der Waals surface area contributed by atoms with E-state index >= 15 is 0 Å². The van der Waals surface area contributed by atoms with Gasteiger partial charge in [0.05, 0.1) is 18.6 Å². The molecule has 1 heterocycles. The number of hydrogen-bond donors (Lipinski definition) is 0. The van der Waals surface area contributed by atoms with Gasteiger partial charge in [-0.05, 0) is 43.2 Å². The van der Waals surface area contributed by atoms with Crippen LogP contribution in [0.5, 0.6) is 11.5 Å². The first-order valence-electron chi connectivity index (χ1n) is 9.34. The molecule has 1 fully saturated rings. The molecule has 0 N–H and O–H groups in total. The molecule has 1 amide bonds. The second-order valence-electron chi connectivity index (χ2n) is 7.06. The van der Waals surface area contributed by atoms with E-state index in [-0.39, 0.29) is 30.0 Å². The van der Waals surface area contributed by atoms with E-state index in [1.165, 1.54) is 7.11 Å². The zero-order valence-corrected chi connectivity index (χ0v) is 17.9. The average molecular weight is 438 g/mol. The van der Waals surface area contributed by atoms with Crippen molar-refractivity contribution in [1.82, 2.24) is 4.90 Å². The fourth-order valence-electron chi connectivity index (χ4n) is 3.39. The Balaban J connectivity index is 1.82. The number of ether oxygens (including phenoxy) is 2. The standard InChI is InChI=1S/C21H24ClNO5S/c1-15(28-20-6-4-3-5-19(20)27-2)21(24)23(18-11-12-29(25,26)14-18)13-16-7-9-17(22)10-8-16/h3-10,15,18H,11-14H2,1-2H3/t15-,18+/m0/s1. The van der Waals surface area contributed by atoms with Crippen LogP contribution in [0.25, 0.3) is 0 Å². The van der Waals surface area contributed by atoms with Crippen LogP contribution >= 0.6 is 11.6 Å². The number of para-hydroxylation sites is 2. The summed E-state index contributed by atoms with van der Waals surface area (Å²) in [5.74, 6) is 0.770. The van der Waals surface area contributed by atoms with Gasteiger partial charge in [-0.25, -0.2) is 8.42 Å². The lowest BCUT2D eigenvalue weighted by Gasteiger charge is -2.31. The number of hydrogen-bond acceptors (Lipinski definition) is 5. The minimum absolute atomic E-state index is 0.0340. The highest BCUT2D eigenvalue weighted by Gasteiger charge is 2.36. The lowest BCUT2D eigenvalue weighted by atomic mass is 10.1. The van der Waals surface area contributed by atoms with E-state index in [0.717, 1.165) is 5.56 Å². The Morgan fingerprint density at radius 1 is 1.17 bits per heavy atom. The third kappa shape index (κ3) is 5.42. The molecule has 0 spiro atoms. The molecule has 29 heavy (non-hydrogen) atoms. The summed E-state index contributed by atoms with van der Waals surface area (Å²) in [7, 11) is -1.61. The van der Waals surface area contributed by atoms with E-state index in [1.807, 2.05) is 18.2 Å². The van der Waals surface area contributed by atoms with E-state index in [9.17, 15) is 13.2 Å². The molecule has 0 bridgehead atoms. The summed E-state index contributed by atoms with van der Waals surface area (Å²) in [5.41, 5.74) is 0.872. The molecular formula is C21H24ClNO5S. The average Bonchev–Trinajstić information content (AvgIpc) is 3.06. The molecule has 1 aliphatic heterocycles. The monoisotopic (exact) mass is 437 g/mol. The van der Waals surface area contributed by atoms with Gasteiger partial charge in [-0.3, -0.25) is 4.79 Å². The van der Waals surface area contributed by atoms with Crippen LogP contribution in [0, 0.1) is 0 Å². The van der Waals surface area contributed by atoms with E-state index in [1.54, 1.807) is 42.2 Å². The van der Waals surface area contributed by atoms with Crippen molar-refractivity contribution >= 4 is 27.3 Å². The first kappa shape index (κ1) is 21.5. The van der Waals surface area contributed by atoms with Crippen molar-refractivity contribution < 1.29 is 22.7 Å². The highest BCUT2D eigenvalue weighted by Crippen LogP contribution is 2.28. The third-order valence-corrected chi connectivity index (χ3v) is 6.92. The molecule has 8 heteroatoms. The molecule has 0 aliphatic carbocycles. The van der Waals surface area contributed by atoms with Crippen molar-refractivity contribution in [2.24, 2.45) is 0 Å². The Hall–Kier alpha value is -2.25. The maximum Gasteiger partial charge on any atom is 0.263 e. The number of carbonyl (C=O) groups is 1. The minimum Gasteiger partial charge on any atom is -0.493 e. The van der Waals surface area contributed by atoms with E-state index in [0.29, 0.717) is 22.9 Å². The number of methoxy groups -OCH3 is 1. The minimum atomic E-state index is -3.14. The Morgan fingerprint density at radius 2 is 1.83 bits per heavy atom. The van der Waals surface area contributed by atoms with Gasteiger partial charge in [0.25, 0.3) is 5.91 Å². The zero-order valence-electron chi connectivity index (χ0n) is 16.4. The van der Waals surface area contributed by atoms with Crippen LogP contribution in [0.2, 0.25) is 5.02 Å². The molecule has 1 aliphatic rings. The molecule has 0 saturated carbocycles. The highest BCUT2D eigenvalue weighted by molar-refractivity contribution is 7.91. The number of nitrogens with zero attached hydrogens (tertiary/aromatic N) is 1. The highest BCUT2D eigenvalue weighted by atomic mass is 35.5. The summed E-state index contributed by atoms with van der Waals surface area (Å²) in [4.78, 5) is 14.9. The molecule has 2 aromatic carbocycles. The van der Waals surface area contributed by atoms with Crippen LogP contribution < -0.4 is 9.47 Å². The third-order valence-electron chi connectivity index (χ3n) is 4.92. The van der Waals surface area contributed by atoms with Gasteiger partial charge in [-0.1, -0.05) is 35.9 Å². The number of sulfone groups is 1. The molecule has 156 valence electrons. The normalized spacial score (nSPS) is 18.8. The molecule has 0 unspecified atom stereocenters. The van der Waals surface area contributed by atoms with Crippen molar-refractivity contribution in [2.45, 2.75) is 32.0 Å². The molecule has 2 atom stereocenters. The van der Waals surface area contributed by atoms with Crippen molar-refractivity contribution in [2.75, 3.05) is 18.6 Å². The van der Waals surface area contributed by atoms with Gasteiger partial charge in [0.1, 0.15) is 0 Å². The fraction of sp³-hybridized carbons (Fsp3) is 0.381. The van der Waals surface area contributed by atoms with Gasteiger partial charge in [0, 0.05) is 17.6 Å². The molecular weight excluding hydrogens is 414 g/mol.